The number of anilines is 2. The van der Waals surface area contributed by atoms with Crippen molar-refractivity contribution in [2.24, 2.45) is 0 Å². The molecule has 2 aliphatic rings. The lowest BCUT2D eigenvalue weighted by Crippen LogP contribution is -2.35. The zero-order chi connectivity index (χ0) is 27.2. The Hall–Kier alpha value is -3.54. The molecule has 11 heteroatoms. The van der Waals surface area contributed by atoms with E-state index in [4.69, 9.17) is 21.7 Å². The molecule has 4 rings (SSSR count). The second kappa shape index (κ2) is 12.3. The van der Waals surface area contributed by atoms with Gasteiger partial charge in [0.1, 0.15) is 10.9 Å². The van der Waals surface area contributed by atoms with Gasteiger partial charge in [0.2, 0.25) is 5.91 Å². The van der Waals surface area contributed by atoms with E-state index in [1.807, 2.05) is 6.92 Å². The lowest BCUT2D eigenvalue weighted by Gasteiger charge is -2.17. The van der Waals surface area contributed by atoms with Crippen LogP contribution in [0.2, 0.25) is 0 Å². The summed E-state index contributed by atoms with van der Waals surface area (Å²) in [6, 6.07) is 13.3. The van der Waals surface area contributed by atoms with Gasteiger partial charge in [-0.05, 0) is 50.6 Å². The molecule has 198 valence electrons. The summed E-state index contributed by atoms with van der Waals surface area (Å²) >= 11 is 6.53. The van der Waals surface area contributed by atoms with Crippen molar-refractivity contribution in [1.29, 1.82) is 0 Å². The third kappa shape index (κ3) is 5.79. The first kappa shape index (κ1) is 27.5. The summed E-state index contributed by atoms with van der Waals surface area (Å²) in [4.78, 5) is 54.7. The van der Waals surface area contributed by atoms with E-state index in [0.29, 0.717) is 53.0 Å². The Morgan fingerprint density at radius 2 is 1.71 bits per heavy atom. The Kier molecular flexibility index (Phi) is 8.93. The van der Waals surface area contributed by atoms with E-state index >= 15 is 0 Å². The Labute approximate surface area is 230 Å². The predicted octanol–water partition coefficient (Wildman–Crippen LogP) is 3.85. The predicted molar refractivity (Wildman–Crippen MR) is 150 cm³/mol. The van der Waals surface area contributed by atoms with Gasteiger partial charge in [0, 0.05) is 31.0 Å². The molecule has 2 aromatic rings. The van der Waals surface area contributed by atoms with E-state index in [1.54, 1.807) is 55.5 Å². The van der Waals surface area contributed by atoms with Crippen molar-refractivity contribution in [3.8, 4) is 0 Å². The largest absolute Gasteiger partial charge is 0.462 e. The van der Waals surface area contributed by atoms with Crippen molar-refractivity contribution in [3.05, 3.63) is 64.6 Å². The number of para-hydroxylation sites is 1. The summed E-state index contributed by atoms with van der Waals surface area (Å²) in [7, 11) is 0. The Morgan fingerprint density at radius 3 is 2.42 bits per heavy atom. The number of thiocarbonyl (C=S) groups is 1. The first-order valence-electron chi connectivity index (χ1n) is 12.2. The fourth-order valence-corrected chi connectivity index (χ4v) is 5.50. The second-order valence-electron chi connectivity index (χ2n) is 8.33. The summed E-state index contributed by atoms with van der Waals surface area (Å²) < 4.78 is 10.7. The molecule has 1 N–H and O–H groups in total. The number of nitrogens with one attached hydrogen (secondary N) is 1. The molecule has 0 bridgehead atoms. The number of carbonyl (C=O) groups is 4. The van der Waals surface area contributed by atoms with E-state index < -0.39 is 17.8 Å². The highest BCUT2D eigenvalue weighted by Gasteiger charge is 2.42. The van der Waals surface area contributed by atoms with Crippen molar-refractivity contribution >= 4 is 68.9 Å². The van der Waals surface area contributed by atoms with E-state index in [-0.39, 0.29) is 29.5 Å². The minimum atomic E-state index is -0.447. The third-order valence-electron chi connectivity index (χ3n) is 5.86. The molecule has 2 aromatic carbocycles. The standard InChI is InChI=1S/C27H27N3O6S2/c1-3-35-15-7-14-29-25(33)23(38-27(29)37)22-19-8-5-6-9-20(19)30(24(22)32)16-21(31)28-18-12-10-17(11-13-18)26(34)36-4-2/h5-6,8-13H,3-4,7,14-16H2,1-2H3,(H,28,31)/b23-22-. The van der Waals surface area contributed by atoms with Gasteiger partial charge in [-0.25, -0.2) is 4.79 Å². The van der Waals surface area contributed by atoms with Crippen LogP contribution in [0, 0.1) is 0 Å². The number of nitrogens with zero attached hydrogens (tertiary/aromatic N) is 2. The molecule has 0 saturated carbocycles. The molecule has 0 aromatic heterocycles. The van der Waals surface area contributed by atoms with Crippen LogP contribution in [0.15, 0.2) is 53.4 Å². The first-order chi connectivity index (χ1) is 18.3. The molecule has 1 fully saturated rings. The lowest BCUT2D eigenvalue weighted by atomic mass is 10.1. The van der Waals surface area contributed by atoms with Crippen LogP contribution >= 0.6 is 24.0 Å². The SMILES string of the molecule is CCOCCCN1C(=O)/C(=C2/C(=O)N(CC(=O)Nc3ccc(C(=O)OCC)cc3)c3ccccc32)SC1=S. The van der Waals surface area contributed by atoms with Crippen LogP contribution in [-0.2, 0) is 23.9 Å². The number of esters is 1. The van der Waals surface area contributed by atoms with Gasteiger partial charge in [0.05, 0.1) is 28.3 Å². The van der Waals surface area contributed by atoms with Crippen LogP contribution in [0.4, 0.5) is 11.4 Å². The van der Waals surface area contributed by atoms with Crippen molar-refractivity contribution < 1.29 is 28.7 Å². The number of ether oxygens (including phenoxy) is 2. The van der Waals surface area contributed by atoms with E-state index in [1.165, 1.54) is 9.80 Å². The average Bonchev–Trinajstić information content (AvgIpc) is 3.34. The van der Waals surface area contributed by atoms with Gasteiger partial charge in [-0.3, -0.25) is 24.2 Å². The fraction of sp³-hybridized carbons (Fsp3) is 0.296. The van der Waals surface area contributed by atoms with Crippen LogP contribution in [0.5, 0.6) is 0 Å². The summed E-state index contributed by atoms with van der Waals surface area (Å²) in [5, 5.41) is 2.75. The van der Waals surface area contributed by atoms with Gasteiger partial charge in [0.15, 0.2) is 0 Å². The first-order valence-corrected chi connectivity index (χ1v) is 13.4. The van der Waals surface area contributed by atoms with E-state index in [2.05, 4.69) is 5.32 Å². The molecule has 0 spiro atoms. The van der Waals surface area contributed by atoms with Gasteiger partial charge in [-0.1, -0.05) is 42.2 Å². The van der Waals surface area contributed by atoms with Crippen molar-refractivity contribution in [2.75, 3.05) is 43.1 Å². The summed E-state index contributed by atoms with van der Waals surface area (Å²) in [5.74, 6) is -1.63. The molecule has 2 heterocycles. The fourth-order valence-electron chi connectivity index (χ4n) is 4.12. The van der Waals surface area contributed by atoms with Gasteiger partial charge < -0.3 is 14.8 Å². The molecule has 0 atom stereocenters. The minimum Gasteiger partial charge on any atom is -0.462 e. The van der Waals surface area contributed by atoms with Crippen LogP contribution in [0.3, 0.4) is 0 Å². The van der Waals surface area contributed by atoms with Gasteiger partial charge >= 0.3 is 5.97 Å². The molecule has 2 aliphatic heterocycles. The maximum atomic E-state index is 13.6. The van der Waals surface area contributed by atoms with Crippen LogP contribution in [0.25, 0.3) is 5.57 Å². The number of fused-ring (bicyclic) bond motifs is 1. The molecule has 3 amide bonds. The quantitative estimate of drug-likeness (QED) is 0.205. The summed E-state index contributed by atoms with van der Waals surface area (Å²) in [6.07, 6.45) is 0.625. The smallest absolute Gasteiger partial charge is 0.338 e. The number of carbonyl (C=O) groups excluding carboxylic acids is 4. The molecule has 9 nitrogen and oxygen atoms in total. The summed E-state index contributed by atoms with van der Waals surface area (Å²) in [6.45, 7) is 5.14. The summed E-state index contributed by atoms with van der Waals surface area (Å²) in [5.41, 5.74) is 2.21. The highest BCUT2D eigenvalue weighted by Crippen LogP contribution is 2.44. The Bertz CT molecular complexity index is 1310. The maximum absolute atomic E-state index is 13.6. The van der Waals surface area contributed by atoms with E-state index in [0.717, 1.165) is 11.8 Å². The topological polar surface area (TPSA) is 105 Å². The zero-order valence-electron chi connectivity index (χ0n) is 21.0. The molecular formula is C27H27N3O6S2. The van der Waals surface area contributed by atoms with Crippen molar-refractivity contribution in [3.63, 3.8) is 0 Å². The second-order valence-corrected chi connectivity index (χ2v) is 9.98. The monoisotopic (exact) mass is 553 g/mol. The zero-order valence-corrected chi connectivity index (χ0v) is 22.7. The van der Waals surface area contributed by atoms with Gasteiger partial charge in [0.25, 0.3) is 11.8 Å². The average molecular weight is 554 g/mol. The van der Waals surface area contributed by atoms with Crippen molar-refractivity contribution in [1.82, 2.24) is 4.90 Å². The molecule has 0 radical (unpaired) electrons. The highest BCUT2D eigenvalue weighted by molar-refractivity contribution is 8.26. The number of benzene rings is 2. The lowest BCUT2D eigenvalue weighted by molar-refractivity contribution is -0.122. The van der Waals surface area contributed by atoms with Crippen molar-refractivity contribution in [2.45, 2.75) is 20.3 Å². The molecule has 38 heavy (non-hydrogen) atoms. The van der Waals surface area contributed by atoms with Gasteiger partial charge in [-0.2, -0.15) is 0 Å². The van der Waals surface area contributed by atoms with E-state index in [9.17, 15) is 19.2 Å². The van der Waals surface area contributed by atoms with Crippen LogP contribution in [0.1, 0.15) is 36.2 Å². The minimum absolute atomic E-state index is 0.247. The third-order valence-corrected chi connectivity index (χ3v) is 7.30. The van der Waals surface area contributed by atoms with Crippen LogP contribution < -0.4 is 10.2 Å². The Balaban J connectivity index is 1.51. The number of hydrogen-bond acceptors (Lipinski definition) is 8. The molecule has 0 aliphatic carbocycles. The maximum Gasteiger partial charge on any atom is 0.338 e. The number of thioether (sulfide) groups is 1. The number of hydrogen-bond donors (Lipinski definition) is 1. The molecule has 0 unspecified atom stereocenters. The number of rotatable bonds is 10. The molecular weight excluding hydrogens is 526 g/mol. The normalized spacial score (nSPS) is 16.7. The Morgan fingerprint density at radius 1 is 0.974 bits per heavy atom. The number of amides is 3. The highest BCUT2D eigenvalue weighted by atomic mass is 32.2. The molecule has 1 saturated heterocycles. The van der Waals surface area contributed by atoms with Gasteiger partial charge in [-0.15, -0.1) is 0 Å². The van der Waals surface area contributed by atoms with Crippen LogP contribution in [-0.4, -0.2) is 65.8 Å².